The summed E-state index contributed by atoms with van der Waals surface area (Å²) in [6, 6.07) is 5.61. The van der Waals surface area contributed by atoms with Gasteiger partial charge in [0.2, 0.25) is 0 Å². The van der Waals surface area contributed by atoms with Gasteiger partial charge in [-0.25, -0.2) is 0 Å². The Balaban J connectivity index is 2.55. The van der Waals surface area contributed by atoms with Gasteiger partial charge in [-0.15, -0.1) is 0 Å². The summed E-state index contributed by atoms with van der Waals surface area (Å²) < 4.78 is 4.51. The van der Waals surface area contributed by atoms with E-state index in [1.54, 1.807) is 0 Å². The summed E-state index contributed by atoms with van der Waals surface area (Å²) in [5.41, 5.74) is 1.62. The number of benzene rings is 1. The quantitative estimate of drug-likeness (QED) is 0.479. The van der Waals surface area contributed by atoms with E-state index in [-0.39, 0.29) is 12.0 Å². The van der Waals surface area contributed by atoms with Crippen LogP contribution >= 0.6 is 19.4 Å². The maximum atomic E-state index is 11.9. The van der Waals surface area contributed by atoms with Crippen molar-refractivity contribution >= 4 is 35.6 Å². The van der Waals surface area contributed by atoms with E-state index in [0.717, 1.165) is 17.0 Å². The van der Waals surface area contributed by atoms with Crippen LogP contribution in [-0.2, 0) is 22.7 Å². The number of halogens is 2. The van der Waals surface area contributed by atoms with Crippen LogP contribution in [-0.4, -0.2) is 16.6 Å². The van der Waals surface area contributed by atoms with Crippen LogP contribution in [0.3, 0.4) is 0 Å². The van der Waals surface area contributed by atoms with Crippen LogP contribution in [0, 0.1) is 7.11 Å². The first-order chi connectivity index (χ1) is 8.54. The van der Waals surface area contributed by atoms with Crippen molar-refractivity contribution in [2.75, 3.05) is 5.32 Å². The summed E-state index contributed by atoms with van der Waals surface area (Å²) >= 11 is -1.92. The van der Waals surface area contributed by atoms with Crippen molar-refractivity contribution in [1.29, 1.82) is 0 Å². The van der Waals surface area contributed by atoms with E-state index in [9.17, 15) is 4.79 Å². The van der Waals surface area contributed by atoms with Crippen molar-refractivity contribution in [3.05, 3.63) is 30.9 Å². The third kappa shape index (κ3) is 2.61. The van der Waals surface area contributed by atoms with Crippen molar-refractivity contribution < 1.29 is 22.7 Å². The molecule has 100 valence electrons. The maximum absolute atomic E-state index is 11.9. The molecule has 18 heavy (non-hydrogen) atoms. The number of carbonyl (C=O) groups excluding carboxylic acids is 1. The fourth-order valence-electron chi connectivity index (χ4n) is 1.98. The molecule has 0 radical (unpaired) electrons. The molecule has 0 aromatic heterocycles. The summed E-state index contributed by atoms with van der Waals surface area (Å²) in [7, 11) is 15.7. The van der Waals surface area contributed by atoms with Crippen molar-refractivity contribution in [1.82, 2.24) is 0 Å². The minimum absolute atomic E-state index is 0.0620. The summed E-state index contributed by atoms with van der Waals surface area (Å²) in [6.45, 7) is 1.94. The Morgan fingerprint density at radius 3 is 2.89 bits per heavy atom. The molecule has 0 spiro atoms. The second kappa shape index (κ2) is 5.69. The topological polar surface area (TPSA) is 31.8 Å². The fraction of sp³-hybridized carbons (Fsp3) is 0.250. The van der Waals surface area contributed by atoms with Gasteiger partial charge in [-0.2, -0.15) is 0 Å². The average molecular weight is 375 g/mol. The number of para-hydroxylation sites is 1. The molecule has 3 nitrogen and oxygen atoms in total. The van der Waals surface area contributed by atoms with E-state index in [4.69, 9.17) is 19.4 Å². The predicted molar refractivity (Wildman–Crippen MR) is 71.9 cm³/mol. The van der Waals surface area contributed by atoms with Gasteiger partial charge in [0.1, 0.15) is 0 Å². The van der Waals surface area contributed by atoms with Gasteiger partial charge in [0, 0.05) is 0 Å². The SMILES string of the molecule is [CH2-][O+]1c2c([CH]=[Ru]([Cl])[Cl])cccc2NC(=O)C1CC. The Hall–Kier alpha value is -0.437. The third-order valence-electron chi connectivity index (χ3n) is 2.76. The zero-order chi connectivity index (χ0) is 13.3. The average Bonchev–Trinajstić information content (AvgIpc) is 2.28. The van der Waals surface area contributed by atoms with Crippen molar-refractivity contribution in [2.45, 2.75) is 19.4 Å². The van der Waals surface area contributed by atoms with E-state index in [1.165, 1.54) is 0 Å². The predicted octanol–water partition coefficient (Wildman–Crippen LogP) is 3.55. The van der Waals surface area contributed by atoms with Crippen LogP contribution in [0.5, 0.6) is 5.75 Å². The molecule has 0 aliphatic carbocycles. The van der Waals surface area contributed by atoms with Gasteiger partial charge >= 0.3 is 120 Å². The molecule has 2 rings (SSSR count). The number of carbonyl (C=O) groups is 1. The van der Waals surface area contributed by atoms with Crippen LogP contribution in [0.15, 0.2) is 18.2 Å². The van der Waals surface area contributed by atoms with E-state index < -0.39 is 13.5 Å². The number of amides is 1. The molecule has 1 atom stereocenters. The molecule has 1 aliphatic heterocycles. The van der Waals surface area contributed by atoms with E-state index >= 15 is 0 Å². The first kappa shape index (κ1) is 14.0. The van der Waals surface area contributed by atoms with Gasteiger partial charge in [0.05, 0.1) is 0 Å². The van der Waals surface area contributed by atoms with Crippen LogP contribution in [0.2, 0.25) is 0 Å². The van der Waals surface area contributed by atoms with E-state index in [2.05, 4.69) is 16.8 Å². The second-order valence-electron chi connectivity index (χ2n) is 3.85. The van der Waals surface area contributed by atoms with Gasteiger partial charge in [0.25, 0.3) is 0 Å². The van der Waals surface area contributed by atoms with Crippen LogP contribution in [0.25, 0.3) is 0 Å². The number of hydrogen-bond acceptors (Lipinski definition) is 1. The molecule has 0 bridgehead atoms. The van der Waals surface area contributed by atoms with Crippen molar-refractivity contribution in [2.24, 2.45) is 0 Å². The molecule has 0 saturated carbocycles. The molecule has 6 heteroatoms. The summed E-state index contributed by atoms with van der Waals surface area (Å²) in [5.74, 6) is 0.747. The van der Waals surface area contributed by atoms with Crippen LogP contribution in [0.4, 0.5) is 5.69 Å². The Morgan fingerprint density at radius 2 is 2.28 bits per heavy atom. The molecule has 1 unspecified atom stereocenters. The normalized spacial score (nSPS) is 19.1. The molecule has 0 saturated heterocycles. The Bertz CT molecular complexity index is 515. The van der Waals surface area contributed by atoms with Crippen LogP contribution < -0.4 is 5.32 Å². The molecule has 1 amide bonds. The first-order valence-corrected chi connectivity index (χ1v) is 10.8. The van der Waals surface area contributed by atoms with E-state index in [0.29, 0.717) is 6.42 Å². The summed E-state index contributed by atoms with van der Waals surface area (Å²) in [5, 5.41) is 2.87. The van der Waals surface area contributed by atoms with Crippen molar-refractivity contribution in [3.63, 3.8) is 0 Å². The Kier molecular flexibility index (Phi) is 4.42. The molecular weight excluding hydrogens is 362 g/mol. The zero-order valence-electron chi connectivity index (χ0n) is 9.73. The molecule has 1 heterocycles. The second-order valence-corrected chi connectivity index (χ2v) is 9.57. The van der Waals surface area contributed by atoms with Gasteiger partial charge < -0.3 is 0 Å². The first-order valence-electron chi connectivity index (χ1n) is 5.34. The monoisotopic (exact) mass is 375 g/mol. The number of nitrogens with one attached hydrogen (secondary N) is 1. The molecular formula is C12H13Cl2NO2Ru. The molecule has 0 fully saturated rings. The van der Waals surface area contributed by atoms with Crippen LogP contribution in [0.1, 0.15) is 18.9 Å². The number of rotatable bonds is 2. The Morgan fingerprint density at radius 1 is 1.56 bits per heavy atom. The summed E-state index contributed by atoms with van der Waals surface area (Å²) in [4.78, 5) is 11.9. The third-order valence-corrected chi connectivity index (χ3v) is 4.59. The fourth-order valence-corrected chi connectivity index (χ4v) is 3.77. The standard InChI is InChI=1S/C12H13NO2.2ClH.Ru/c1-4-10-12(14)13-9-7-5-6-8(2)11(9)15(10)3;;;/h2,5-7,10H,3-4H2,1H3,(H,13,14);2*1H;/q;;;+2/p-2. The van der Waals surface area contributed by atoms with Gasteiger partial charge in [-0.1, -0.05) is 0 Å². The minimum atomic E-state index is -1.92. The molecule has 1 aliphatic rings. The van der Waals surface area contributed by atoms with Gasteiger partial charge in [0.15, 0.2) is 0 Å². The number of anilines is 1. The van der Waals surface area contributed by atoms with Crippen molar-refractivity contribution in [3.8, 4) is 5.75 Å². The van der Waals surface area contributed by atoms with Gasteiger partial charge in [-0.05, 0) is 0 Å². The summed E-state index contributed by atoms with van der Waals surface area (Å²) in [6.07, 6.45) is 0.329. The van der Waals surface area contributed by atoms with Gasteiger partial charge in [-0.3, -0.25) is 0 Å². The molecule has 1 N–H and O–H groups in total. The number of fused-ring (bicyclic) bond motifs is 1. The molecule has 1 aromatic rings. The number of hydrogen-bond donors (Lipinski definition) is 1. The Labute approximate surface area is 119 Å². The molecule has 1 aromatic carbocycles. The van der Waals surface area contributed by atoms with E-state index in [1.807, 2.05) is 29.7 Å². The zero-order valence-corrected chi connectivity index (χ0v) is 13.0.